The normalized spacial score (nSPS) is 19.9. The average Bonchev–Trinajstić information content (AvgIpc) is 3.51. The SMILES string of the molecule is CN=C(NCc1ccccc1CN1CCOCC1)NCC(C1CC1)N(C)C. The van der Waals surface area contributed by atoms with Crippen molar-refractivity contribution in [2.75, 3.05) is 54.0 Å². The Hall–Kier alpha value is -1.63. The van der Waals surface area contributed by atoms with E-state index in [1.165, 1.54) is 24.0 Å². The van der Waals surface area contributed by atoms with E-state index in [2.05, 4.69) is 63.8 Å². The average molecular weight is 374 g/mol. The van der Waals surface area contributed by atoms with E-state index in [-0.39, 0.29) is 0 Å². The van der Waals surface area contributed by atoms with Crippen LogP contribution in [0.25, 0.3) is 0 Å². The largest absolute Gasteiger partial charge is 0.379 e. The van der Waals surface area contributed by atoms with Crippen molar-refractivity contribution in [1.29, 1.82) is 0 Å². The van der Waals surface area contributed by atoms with E-state index in [1.807, 2.05) is 7.05 Å². The fourth-order valence-electron chi connectivity index (χ4n) is 3.74. The highest BCUT2D eigenvalue weighted by atomic mass is 16.5. The zero-order valence-electron chi connectivity index (χ0n) is 17.1. The fraction of sp³-hybridized carbons (Fsp3) is 0.667. The van der Waals surface area contributed by atoms with E-state index in [1.54, 1.807) is 0 Å². The molecule has 1 atom stereocenters. The molecule has 2 aliphatic rings. The lowest BCUT2D eigenvalue weighted by molar-refractivity contribution is 0.0341. The summed E-state index contributed by atoms with van der Waals surface area (Å²) in [6.45, 7) is 6.41. The number of nitrogens with zero attached hydrogens (tertiary/aromatic N) is 3. The molecule has 1 aromatic carbocycles. The van der Waals surface area contributed by atoms with Crippen molar-refractivity contribution in [1.82, 2.24) is 20.4 Å². The molecule has 0 bridgehead atoms. The molecular formula is C21H35N5O. The van der Waals surface area contributed by atoms with Gasteiger partial charge in [-0.15, -0.1) is 0 Å². The van der Waals surface area contributed by atoms with Gasteiger partial charge in [-0.2, -0.15) is 0 Å². The van der Waals surface area contributed by atoms with Gasteiger partial charge in [-0.25, -0.2) is 0 Å². The van der Waals surface area contributed by atoms with E-state index >= 15 is 0 Å². The smallest absolute Gasteiger partial charge is 0.191 e. The van der Waals surface area contributed by atoms with Crippen LogP contribution >= 0.6 is 0 Å². The number of hydrogen-bond donors (Lipinski definition) is 2. The van der Waals surface area contributed by atoms with Crippen LogP contribution in [-0.2, 0) is 17.8 Å². The Bertz CT molecular complexity index is 606. The summed E-state index contributed by atoms with van der Waals surface area (Å²) in [5, 5.41) is 7.01. The lowest BCUT2D eigenvalue weighted by atomic mass is 10.1. The summed E-state index contributed by atoms with van der Waals surface area (Å²) in [5.74, 6) is 1.71. The number of likely N-dealkylation sites (N-methyl/N-ethyl adjacent to an activating group) is 1. The lowest BCUT2D eigenvalue weighted by Crippen LogP contribution is -2.45. The number of guanidine groups is 1. The van der Waals surface area contributed by atoms with Crippen LogP contribution < -0.4 is 10.6 Å². The quantitative estimate of drug-likeness (QED) is 0.535. The first-order valence-electron chi connectivity index (χ1n) is 10.1. The first kappa shape index (κ1) is 20.1. The molecule has 0 spiro atoms. The Balaban J connectivity index is 1.51. The van der Waals surface area contributed by atoms with E-state index in [0.717, 1.165) is 57.8 Å². The minimum atomic E-state index is 0.581. The molecule has 2 N–H and O–H groups in total. The van der Waals surface area contributed by atoms with Gasteiger partial charge >= 0.3 is 0 Å². The number of benzene rings is 1. The molecule has 1 aliphatic heterocycles. The Labute approximate surface area is 164 Å². The molecule has 2 fully saturated rings. The summed E-state index contributed by atoms with van der Waals surface area (Å²) >= 11 is 0. The van der Waals surface area contributed by atoms with E-state index in [0.29, 0.717) is 6.04 Å². The van der Waals surface area contributed by atoms with Crippen LogP contribution in [0, 0.1) is 5.92 Å². The van der Waals surface area contributed by atoms with E-state index in [4.69, 9.17) is 4.74 Å². The summed E-state index contributed by atoms with van der Waals surface area (Å²) in [6.07, 6.45) is 2.71. The Morgan fingerprint density at radius 3 is 2.52 bits per heavy atom. The first-order chi connectivity index (χ1) is 13.2. The van der Waals surface area contributed by atoms with Crippen LogP contribution in [-0.4, -0.2) is 75.8 Å². The van der Waals surface area contributed by atoms with Gasteiger partial charge in [0.1, 0.15) is 0 Å². The van der Waals surface area contributed by atoms with Gasteiger partial charge in [-0.1, -0.05) is 24.3 Å². The van der Waals surface area contributed by atoms with E-state index in [9.17, 15) is 0 Å². The third kappa shape index (κ3) is 6.19. The number of hydrogen-bond acceptors (Lipinski definition) is 4. The molecule has 1 saturated heterocycles. The van der Waals surface area contributed by atoms with Crippen molar-refractivity contribution in [2.24, 2.45) is 10.9 Å². The third-order valence-electron chi connectivity index (χ3n) is 5.59. The number of aliphatic imine (C=N–C) groups is 1. The molecule has 1 heterocycles. The maximum Gasteiger partial charge on any atom is 0.191 e. The molecule has 0 aromatic heterocycles. The van der Waals surface area contributed by atoms with Gasteiger partial charge in [0, 0.05) is 45.8 Å². The van der Waals surface area contributed by atoms with Gasteiger partial charge in [0.2, 0.25) is 0 Å². The first-order valence-corrected chi connectivity index (χ1v) is 10.1. The van der Waals surface area contributed by atoms with Crippen molar-refractivity contribution in [3.05, 3.63) is 35.4 Å². The zero-order chi connectivity index (χ0) is 19.1. The van der Waals surface area contributed by atoms with Crippen LogP contribution in [0.15, 0.2) is 29.3 Å². The Morgan fingerprint density at radius 2 is 1.89 bits per heavy atom. The molecule has 0 radical (unpaired) electrons. The van der Waals surface area contributed by atoms with Crippen LogP contribution in [0.1, 0.15) is 24.0 Å². The number of ether oxygens (including phenoxy) is 1. The maximum atomic E-state index is 5.46. The van der Waals surface area contributed by atoms with Crippen molar-refractivity contribution < 1.29 is 4.74 Å². The molecule has 1 unspecified atom stereocenters. The van der Waals surface area contributed by atoms with Crippen molar-refractivity contribution in [3.63, 3.8) is 0 Å². The molecule has 1 aliphatic carbocycles. The van der Waals surface area contributed by atoms with Crippen LogP contribution in [0.2, 0.25) is 0 Å². The van der Waals surface area contributed by atoms with Crippen molar-refractivity contribution in [2.45, 2.75) is 32.0 Å². The third-order valence-corrected chi connectivity index (χ3v) is 5.59. The molecule has 0 amide bonds. The second kappa shape index (κ2) is 10.1. The molecule has 6 nitrogen and oxygen atoms in total. The molecule has 150 valence electrons. The van der Waals surface area contributed by atoms with Crippen LogP contribution in [0.4, 0.5) is 0 Å². The minimum absolute atomic E-state index is 0.581. The fourth-order valence-corrected chi connectivity index (χ4v) is 3.74. The molecule has 6 heteroatoms. The minimum Gasteiger partial charge on any atom is -0.379 e. The summed E-state index contributed by atoms with van der Waals surface area (Å²) in [5.41, 5.74) is 2.71. The molecule has 1 saturated carbocycles. The highest BCUT2D eigenvalue weighted by molar-refractivity contribution is 5.79. The van der Waals surface area contributed by atoms with Crippen LogP contribution in [0.5, 0.6) is 0 Å². The Kier molecular flexibility index (Phi) is 7.50. The van der Waals surface area contributed by atoms with Gasteiger partial charge in [0.05, 0.1) is 13.2 Å². The lowest BCUT2D eigenvalue weighted by Gasteiger charge is -2.27. The number of nitrogens with one attached hydrogen (secondary N) is 2. The number of rotatable bonds is 8. The zero-order valence-corrected chi connectivity index (χ0v) is 17.1. The highest BCUT2D eigenvalue weighted by Crippen LogP contribution is 2.34. The van der Waals surface area contributed by atoms with Crippen molar-refractivity contribution >= 4 is 5.96 Å². The molecule has 1 aromatic rings. The molecular weight excluding hydrogens is 338 g/mol. The summed E-state index contributed by atoms with van der Waals surface area (Å²) < 4.78 is 5.46. The summed E-state index contributed by atoms with van der Waals surface area (Å²) in [4.78, 5) is 9.20. The van der Waals surface area contributed by atoms with E-state index < -0.39 is 0 Å². The topological polar surface area (TPSA) is 52.1 Å². The standard InChI is InChI=1S/C21H35N5O/c1-22-21(24-15-20(25(2)3)17-8-9-17)23-14-18-6-4-5-7-19(18)16-26-10-12-27-13-11-26/h4-7,17,20H,8-16H2,1-3H3,(H2,22,23,24). The van der Waals surface area contributed by atoms with Gasteiger partial charge in [-0.3, -0.25) is 9.89 Å². The highest BCUT2D eigenvalue weighted by Gasteiger charge is 2.32. The second-order valence-corrected chi connectivity index (χ2v) is 7.83. The second-order valence-electron chi connectivity index (χ2n) is 7.83. The summed E-state index contributed by atoms with van der Waals surface area (Å²) in [7, 11) is 6.18. The number of morpholine rings is 1. The predicted octanol–water partition coefficient (Wildman–Crippen LogP) is 1.52. The van der Waals surface area contributed by atoms with Gasteiger partial charge < -0.3 is 20.3 Å². The van der Waals surface area contributed by atoms with Gasteiger partial charge in [0.25, 0.3) is 0 Å². The van der Waals surface area contributed by atoms with Crippen LogP contribution in [0.3, 0.4) is 0 Å². The summed E-state index contributed by atoms with van der Waals surface area (Å²) in [6, 6.07) is 9.27. The van der Waals surface area contributed by atoms with Gasteiger partial charge in [-0.05, 0) is 44.0 Å². The molecule has 27 heavy (non-hydrogen) atoms. The predicted molar refractivity (Wildman–Crippen MR) is 111 cm³/mol. The maximum absolute atomic E-state index is 5.46. The Morgan fingerprint density at radius 1 is 1.19 bits per heavy atom. The van der Waals surface area contributed by atoms with Gasteiger partial charge in [0.15, 0.2) is 5.96 Å². The van der Waals surface area contributed by atoms with Crippen molar-refractivity contribution in [3.8, 4) is 0 Å². The molecule has 3 rings (SSSR count). The monoisotopic (exact) mass is 373 g/mol.